The molecule has 0 atom stereocenters. The molecule has 0 aromatic heterocycles. The van der Waals surface area contributed by atoms with Gasteiger partial charge in [-0.1, -0.05) is 18.2 Å². The highest BCUT2D eigenvalue weighted by Crippen LogP contribution is 2.13. The standard InChI is InChI=1S/C16H14N2O5/c19-15(13-2-1-3-14(10-13)18(22)23)17-9-8-11-4-6-12(7-5-11)16(20)21/h1-7,10H,8-9H2,(H,17,19)(H,20,21). The number of nitro groups is 1. The molecule has 2 rings (SSSR count). The summed E-state index contributed by atoms with van der Waals surface area (Å²) in [5.41, 5.74) is 1.17. The Bertz CT molecular complexity index is 740. The van der Waals surface area contributed by atoms with Crippen LogP contribution in [-0.2, 0) is 6.42 Å². The highest BCUT2D eigenvalue weighted by molar-refractivity contribution is 5.94. The van der Waals surface area contributed by atoms with Crippen molar-refractivity contribution in [3.8, 4) is 0 Å². The summed E-state index contributed by atoms with van der Waals surface area (Å²) in [5, 5.41) is 22.2. The molecule has 0 fully saturated rings. The number of aromatic carboxylic acids is 1. The third-order valence-electron chi connectivity index (χ3n) is 3.22. The molecule has 0 radical (unpaired) electrons. The molecule has 0 saturated carbocycles. The summed E-state index contributed by atoms with van der Waals surface area (Å²) in [7, 11) is 0. The van der Waals surface area contributed by atoms with E-state index in [1.807, 2.05) is 0 Å². The van der Waals surface area contributed by atoms with Gasteiger partial charge in [0, 0.05) is 24.2 Å². The van der Waals surface area contributed by atoms with E-state index in [4.69, 9.17) is 5.11 Å². The van der Waals surface area contributed by atoms with Crippen LogP contribution < -0.4 is 5.32 Å². The van der Waals surface area contributed by atoms with E-state index in [-0.39, 0.29) is 16.8 Å². The number of nitro benzene ring substituents is 1. The van der Waals surface area contributed by atoms with Crippen molar-refractivity contribution in [2.45, 2.75) is 6.42 Å². The van der Waals surface area contributed by atoms with Crippen LogP contribution >= 0.6 is 0 Å². The number of carboxylic acids is 1. The van der Waals surface area contributed by atoms with Crippen LogP contribution in [0, 0.1) is 10.1 Å². The molecule has 0 aliphatic carbocycles. The maximum Gasteiger partial charge on any atom is 0.335 e. The van der Waals surface area contributed by atoms with Crippen LogP contribution in [0.25, 0.3) is 0 Å². The van der Waals surface area contributed by atoms with Gasteiger partial charge in [0.15, 0.2) is 0 Å². The molecule has 0 unspecified atom stereocenters. The van der Waals surface area contributed by atoms with Crippen molar-refractivity contribution < 1.29 is 19.6 Å². The number of hydrogen-bond acceptors (Lipinski definition) is 4. The molecule has 7 nitrogen and oxygen atoms in total. The van der Waals surface area contributed by atoms with E-state index in [9.17, 15) is 19.7 Å². The molecule has 1 amide bonds. The number of carbonyl (C=O) groups is 2. The molecule has 0 saturated heterocycles. The van der Waals surface area contributed by atoms with Crippen molar-refractivity contribution in [3.05, 3.63) is 75.3 Å². The fourth-order valence-corrected chi connectivity index (χ4v) is 2.00. The van der Waals surface area contributed by atoms with Gasteiger partial charge in [0.2, 0.25) is 0 Å². The van der Waals surface area contributed by atoms with Crippen LogP contribution in [0.4, 0.5) is 5.69 Å². The van der Waals surface area contributed by atoms with Gasteiger partial charge in [0.25, 0.3) is 11.6 Å². The Hall–Kier alpha value is -3.22. The number of non-ortho nitro benzene ring substituents is 1. The van der Waals surface area contributed by atoms with E-state index in [0.29, 0.717) is 13.0 Å². The lowest BCUT2D eigenvalue weighted by atomic mass is 10.1. The lowest BCUT2D eigenvalue weighted by Gasteiger charge is -2.06. The van der Waals surface area contributed by atoms with E-state index >= 15 is 0 Å². The highest BCUT2D eigenvalue weighted by atomic mass is 16.6. The summed E-state index contributed by atoms with van der Waals surface area (Å²) < 4.78 is 0. The predicted molar refractivity (Wildman–Crippen MR) is 82.5 cm³/mol. The molecule has 0 aliphatic rings. The first-order valence-corrected chi connectivity index (χ1v) is 6.82. The fraction of sp³-hybridized carbons (Fsp3) is 0.125. The van der Waals surface area contributed by atoms with Crippen LogP contribution in [0.15, 0.2) is 48.5 Å². The number of carboxylic acid groups (broad SMARTS) is 1. The van der Waals surface area contributed by atoms with Crippen LogP contribution in [0.2, 0.25) is 0 Å². The van der Waals surface area contributed by atoms with E-state index < -0.39 is 16.8 Å². The van der Waals surface area contributed by atoms with Crippen LogP contribution in [-0.4, -0.2) is 28.5 Å². The van der Waals surface area contributed by atoms with Crippen molar-refractivity contribution in [2.75, 3.05) is 6.54 Å². The second kappa shape index (κ2) is 7.17. The third-order valence-corrected chi connectivity index (χ3v) is 3.22. The maximum absolute atomic E-state index is 11.9. The Labute approximate surface area is 131 Å². The molecule has 0 spiro atoms. The molecular weight excluding hydrogens is 300 g/mol. The monoisotopic (exact) mass is 314 g/mol. The van der Waals surface area contributed by atoms with Gasteiger partial charge in [0.05, 0.1) is 10.5 Å². The minimum atomic E-state index is -0.990. The molecule has 0 bridgehead atoms. The maximum atomic E-state index is 11.9. The summed E-state index contributed by atoms with van der Waals surface area (Å²) in [5.74, 6) is -1.38. The first-order chi connectivity index (χ1) is 11.0. The molecule has 23 heavy (non-hydrogen) atoms. The Kier molecular flexibility index (Phi) is 5.03. The zero-order chi connectivity index (χ0) is 16.8. The van der Waals surface area contributed by atoms with E-state index in [0.717, 1.165) is 5.56 Å². The average molecular weight is 314 g/mol. The van der Waals surface area contributed by atoms with Crippen molar-refractivity contribution in [1.82, 2.24) is 5.32 Å². The number of nitrogens with one attached hydrogen (secondary N) is 1. The lowest BCUT2D eigenvalue weighted by Crippen LogP contribution is -2.25. The van der Waals surface area contributed by atoms with Gasteiger partial charge in [-0.15, -0.1) is 0 Å². The van der Waals surface area contributed by atoms with Crippen LogP contribution in [0.1, 0.15) is 26.3 Å². The van der Waals surface area contributed by atoms with Gasteiger partial charge in [-0.25, -0.2) is 4.79 Å². The van der Waals surface area contributed by atoms with Crippen molar-refractivity contribution in [1.29, 1.82) is 0 Å². The van der Waals surface area contributed by atoms with E-state index in [2.05, 4.69) is 5.32 Å². The van der Waals surface area contributed by atoms with Crippen LogP contribution in [0.3, 0.4) is 0 Å². The van der Waals surface area contributed by atoms with E-state index in [1.54, 1.807) is 12.1 Å². The first kappa shape index (κ1) is 16.2. The molecule has 2 aromatic rings. The predicted octanol–water partition coefficient (Wildman–Crippen LogP) is 2.27. The smallest absolute Gasteiger partial charge is 0.335 e. The van der Waals surface area contributed by atoms with Gasteiger partial charge in [0.1, 0.15) is 0 Å². The number of amides is 1. The highest BCUT2D eigenvalue weighted by Gasteiger charge is 2.11. The van der Waals surface area contributed by atoms with Gasteiger partial charge in [-0.05, 0) is 30.2 Å². The lowest BCUT2D eigenvalue weighted by molar-refractivity contribution is -0.384. The molecule has 118 valence electrons. The van der Waals surface area contributed by atoms with Crippen molar-refractivity contribution >= 4 is 17.6 Å². The zero-order valence-electron chi connectivity index (χ0n) is 12.1. The average Bonchev–Trinajstić information content (AvgIpc) is 2.55. The summed E-state index contributed by atoms with van der Waals surface area (Å²) >= 11 is 0. The van der Waals surface area contributed by atoms with Gasteiger partial charge in [-0.3, -0.25) is 14.9 Å². The summed E-state index contributed by atoms with van der Waals surface area (Å²) in [6.45, 7) is 0.341. The summed E-state index contributed by atoms with van der Waals surface area (Å²) in [4.78, 5) is 32.8. The minimum absolute atomic E-state index is 0.137. The molecule has 7 heteroatoms. The molecular formula is C16H14N2O5. The fourth-order valence-electron chi connectivity index (χ4n) is 2.00. The Morgan fingerprint density at radius 3 is 2.39 bits per heavy atom. The topological polar surface area (TPSA) is 110 Å². The number of nitrogens with zero attached hydrogens (tertiary/aromatic N) is 1. The summed E-state index contributed by atoms with van der Waals surface area (Å²) in [6.07, 6.45) is 0.528. The Balaban J connectivity index is 1.90. The van der Waals surface area contributed by atoms with Crippen LogP contribution in [0.5, 0.6) is 0 Å². The number of rotatable bonds is 6. The molecule has 0 heterocycles. The Morgan fingerprint density at radius 1 is 1.09 bits per heavy atom. The quantitative estimate of drug-likeness (QED) is 0.628. The van der Waals surface area contributed by atoms with Gasteiger partial charge < -0.3 is 10.4 Å². The SMILES string of the molecule is O=C(O)c1ccc(CCNC(=O)c2cccc([N+](=O)[O-])c2)cc1. The number of benzene rings is 2. The number of hydrogen-bond donors (Lipinski definition) is 2. The van der Waals surface area contributed by atoms with E-state index in [1.165, 1.54) is 36.4 Å². The first-order valence-electron chi connectivity index (χ1n) is 6.82. The van der Waals surface area contributed by atoms with Gasteiger partial charge >= 0.3 is 5.97 Å². The second-order valence-corrected chi connectivity index (χ2v) is 4.82. The molecule has 2 N–H and O–H groups in total. The largest absolute Gasteiger partial charge is 0.478 e. The molecule has 2 aromatic carbocycles. The Morgan fingerprint density at radius 2 is 1.78 bits per heavy atom. The van der Waals surface area contributed by atoms with Gasteiger partial charge in [-0.2, -0.15) is 0 Å². The summed E-state index contributed by atoms with van der Waals surface area (Å²) in [6, 6.07) is 11.9. The normalized spacial score (nSPS) is 10.1. The minimum Gasteiger partial charge on any atom is -0.478 e. The third kappa shape index (κ3) is 4.37. The van der Waals surface area contributed by atoms with Crippen molar-refractivity contribution in [3.63, 3.8) is 0 Å². The number of carbonyl (C=O) groups excluding carboxylic acids is 1. The molecule has 0 aliphatic heterocycles. The van der Waals surface area contributed by atoms with Crippen molar-refractivity contribution in [2.24, 2.45) is 0 Å². The zero-order valence-corrected chi connectivity index (χ0v) is 12.1. The second-order valence-electron chi connectivity index (χ2n) is 4.82.